The van der Waals surface area contributed by atoms with Crippen LogP contribution in [0.5, 0.6) is 0 Å². The van der Waals surface area contributed by atoms with Crippen molar-refractivity contribution in [2.45, 2.75) is 59.2 Å². The van der Waals surface area contributed by atoms with Gasteiger partial charge in [-0.1, -0.05) is 6.92 Å². The molecule has 0 unspecified atom stereocenters. The van der Waals surface area contributed by atoms with Gasteiger partial charge in [0, 0.05) is 0 Å². The van der Waals surface area contributed by atoms with E-state index >= 15 is 0 Å². The fourth-order valence-electron chi connectivity index (χ4n) is 1.18. The lowest BCUT2D eigenvalue weighted by Gasteiger charge is -2.31. The molecule has 84 valence electrons. The Morgan fingerprint density at radius 2 is 1.64 bits per heavy atom. The van der Waals surface area contributed by atoms with E-state index in [1.807, 2.05) is 27.7 Å². The van der Waals surface area contributed by atoms with Crippen LogP contribution in [0.25, 0.3) is 0 Å². The number of carbonyl (C=O) groups excluding carboxylic acids is 1. The minimum atomic E-state index is -0.868. The third-order valence-electron chi connectivity index (χ3n) is 1.49. The predicted molar refractivity (Wildman–Crippen MR) is 56.2 cm³/mol. The highest BCUT2D eigenvalue weighted by atomic mass is 16.6. The van der Waals surface area contributed by atoms with Gasteiger partial charge >= 0.3 is 5.97 Å². The van der Waals surface area contributed by atoms with Crippen LogP contribution in [-0.2, 0) is 14.3 Å². The summed E-state index contributed by atoms with van der Waals surface area (Å²) in [6, 6.07) is 0. The smallest absolute Gasteiger partial charge is 0.337 e. The summed E-state index contributed by atoms with van der Waals surface area (Å²) in [4.78, 5) is 11.6. The second-order valence-electron chi connectivity index (χ2n) is 4.86. The zero-order valence-corrected chi connectivity index (χ0v) is 10.1. The van der Waals surface area contributed by atoms with Crippen LogP contribution in [0.1, 0.15) is 48.0 Å². The van der Waals surface area contributed by atoms with E-state index in [2.05, 4.69) is 0 Å². The molecule has 0 saturated carbocycles. The van der Waals surface area contributed by atoms with Crippen LogP contribution in [0.2, 0.25) is 0 Å². The summed E-state index contributed by atoms with van der Waals surface area (Å²) >= 11 is 0. The summed E-state index contributed by atoms with van der Waals surface area (Å²) in [7, 11) is 0. The highest BCUT2D eigenvalue weighted by Crippen LogP contribution is 2.20. The van der Waals surface area contributed by atoms with Gasteiger partial charge in [-0.15, -0.1) is 0 Å². The van der Waals surface area contributed by atoms with Crippen molar-refractivity contribution >= 4 is 5.97 Å². The second-order valence-corrected chi connectivity index (χ2v) is 4.86. The van der Waals surface area contributed by atoms with Crippen LogP contribution in [0.3, 0.4) is 0 Å². The fourth-order valence-corrected chi connectivity index (χ4v) is 1.18. The molecule has 0 aromatic rings. The van der Waals surface area contributed by atoms with Crippen molar-refractivity contribution in [2.75, 3.05) is 6.61 Å². The topological polar surface area (TPSA) is 35.5 Å². The number of rotatable bonds is 4. The van der Waals surface area contributed by atoms with Crippen LogP contribution >= 0.6 is 0 Å². The Balaban J connectivity index is 4.23. The van der Waals surface area contributed by atoms with E-state index in [1.165, 1.54) is 0 Å². The molecule has 0 rings (SSSR count). The Morgan fingerprint density at radius 3 is 2.00 bits per heavy atom. The summed E-state index contributed by atoms with van der Waals surface area (Å²) < 4.78 is 10.6. The summed E-state index contributed by atoms with van der Waals surface area (Å²) in [5.41, 5.74) is -1.21. The van der Waals surface area contributed by atoms with Crippen LogP contribution in [-0.4, -0.2) is 23.8 Å². The number of ether oxygens (including phenoxy) is 2. The molecule has 0 radical (unpaired) electrons. The van der Waals surface area contributed by atoms with Gasteiger partial charge in [0.25, 0.3) is 0 Å². The first kappa shape index (κ1) is 13.4. The van der Waals surface area contributed by atoms with Crippen LogP contribution in [0.4, 0.5) is 0 Å². The third-order valence-corrected chi connectivity index (χ3v) is 1.49. The molecule has 0 aliphatic heterocycles. The molecule has 0 spiro atoms. The maximum Gasteiger partial charge on any atom is 0.337 e. The van der Waals surface area contributed by atoms with Crippen molar-refractivity contribution < 1.29 is 14.3 Å². The van der Waals surface area contributed by atoms with Gasteiger partial charge in [-0.05, 0) is 41.0 Å². The number of hydrogen-bond acceptors (Lipinski definition) is 3. The number of carbonyl (C=O) groups is 1. The molecule has 0 amide bonds. The molecule has 0 bridgehead atoms. The fraction of sp³-hybridized carbons (Fsp3) is 0.909. The van der Waals surface area contributed by atoms with Crippen molar-refractivity contribution in [1.29, 1.82) is 0 Å². The van der Waals surface area contributed by atoms with E-state index in [4.69, 9.17) is 9.47 Å². The number of hydrogen-bond donors (Lipinski definition) is 0. The van der Waals surface area contributed by atoms with Gasteiger partial charge in [0.2, 0.25) is 0 Å². The largest absolute Gasteiger partial charge is 0.464 e. The molecule has 0 aromatic heterocycles. The third kappa shape index (κ3) is 5.22. The van der Waals surface area contributed by atoms with Crippen LogP contribution in [0.15, 0.2) is 0 Å². The molecule has 3 nitrogen and oxygen atoms in total. The Hall–Kier alpha value is -0.570. The average Bonchev–Trinajstić information content (AvgIpc) is 1.95. The first-order chi connectivity index (χ1) is 6.19. The van der Waals surface area contributed by atoms with Gasteiger partial charge in [-0.25, -0.2) is 4.79 Å². The van der Waals surface area contributed by atoms with Crippen molar-refractivity contribution in [3.05, 3.63) is 0 Å². The van der Waals surface area contributed by atoms with Crippen molar-refractivity contribution in [3.63, 3.8) is 0 Å². The quantitative estimate of drug-likeness (QED) is 0.657. The van der Waals surface area contributed by atoms with Crippen LogP contribution < -0.4 is 0 Å². The molecule has 3 heteroatoms. The minimum Gasteiger partial charge on any atom is -0.464 e. The Bertz CT molecular complexity index is 189. The first-order valence-corrected chi connectivity index (χ1v) is 5.06. The molecule has 0 fully saturated rings. The van der Waals surface area contributed by atoms with E-state index in [0.29, 0.717) is 6.61 Å². The maximum atomic E-state index is 11.6. The maximum absolute atomic E-state index is 11.6. The molecule has 0 N–H and O–H groups in total. The van der Waals surface area contributed by atoms with E-state index in [1.54, 1.807) is 13.8 Å². The van der Waals surface area contributed by atoms with Gasteiger partial charge in [0.15, 0.2) is 5.60 Å². The Morgan fingerprint density at radius 1 is 1.14 bits per heavy atom. The zero-order chi connectivity index (χ0) is 11.4. The van der Waals surface area contributed by atoms with E-state index < -0.39 is 5.60 Å². The summed E-state index contributed by atoms with van der Waals surface area (Å²) in [5.74, 6) is -0.297. The van der Waals surface area contributed by atoms with E-state index in [-0.39, 0.29) is 11.6 Å². The van der Waals surface area contributed by atoms with E-state index in [0.717, 1.165) is 6.42 Å². The van der Waals surface area contributed by atoms with Crippen LogP contribution in [0, 0.1) is 0 Å². The van der Waals surface area contributed by atoms with Crippen molar-refractivity contribution in [2.24, 2.45) is 0 Å². The molecule has 14 heavy (non-hydrogen) atoms. The van der Waals surface area contributed by atoms with Gasteiger partial charge in [0.05, 0.1) is 12.2 Å². The monoisotopic (exact) mass is 202 g/mol. The highest BCUT2D eigenvalue weighted by molar-refractivity contribution is 5.78. The minimum absolute atomic E-state index is 0.297. The summed E-state index contributed by atoms with van der Waals surface area (Å²) in [6.45, 7) is 11.6. The van der Waals surface area contributed by atoms with Gasteiger partial charge < -0.3 is 9.47 Å². The Kier molecular flexibility index (Phi) is 4.59. The summed E-state index contributed by atoms with van der Waals surface area (Å²) in [5, 5.41) is 0. The average molecular weight is 202 g/mol. The molecule has 0 aliphatic carbocycles. The normalized spacial score (nSPS) is 12.7. The van der Waals surface area contributed by atoms with Crippen molar-refractivity contribution in [3.8, 4) is 0 Å². The molecule has 0 aliphatic rings. The first-order valence-electron chi connectivity index (χ1n) is 5.06. The van der Waals surface area contributed by atoms with Gasteiger partial charge in [-0.3, -0.25) is 0 Å². The lowest BCUT2D eigenvalue weighted by atomic mass is 10.1. The van der Waals surface area contributed by atoms with Gasteiger partial charge in [0.1, 0.15) is 0 Å². The summed E-state index contributed by atoms with van der Waals surface area (Å²) in [6.07, 6.45) is 0.831. The molecular weight excluding hydrogens is 180 g/mol. The molecule has 0 aromatic carbocycles. The second kappa shape index (κ2) is 4.78. The molecule has 0 atom stereocenters. The van der Waals surface area contributed by atoms with Gasteiger partial charge in [-0.2, -0.15) is 0 Å². The number of esters is 1. The molecule has 0 saturated heterocycles. The highest BCUT2D eigenvalue weighted by Gasteiger charge is 2.34. The van der Waals surface area contributed by atoms with Crippen molar-refractivity contribution in [1.82, 2.24) is 0 Å². The zero-order valence-electron chi connectivity index (χ0n) is 10.1. The molecular formula is C11H22O3. The predicted octanol–water partition coefficient (Wildman–Crippen LogP) is 2.53. The molecule has 0 heterocycles. The lowest BCUT2D eigenvalue weighted by molar-refractivity contribution is -0.183. The SMILES string of the molecule is CCCOC(=O)C(C)(C)OC(C)(C)C. The lowest BCUT2D eigenvalue weighted by Crippen LogP contribution is -2.42. The van der Waals surface area contributed by atoms with E-state index in [9.17, 15) is 4.79 Å². The Labute approximate surface area is 86.8 Å². The standard InChI is InChI=1S/C11H22O3/c1-7-8-13-9(12)11(5,6)14-10(2,3)4/h7-8H2,1-6H3.